The van der Waals surface area contributed by atoms with Gasteiger partial charge in [-0.25, -0.2) is 18.7 Å². The van der Waals surface area contributed by atoms with Crippen LogP contribution in [0.15, 0.2) is 48.9 Å². The van der Waals surface area contributed by atoms with Crippen LogP contribution in [0.3, 0.4) is 0 Å². The summed E-state index contributed by atoms with van der Waals surface area (Å²) in [6.07, 6.45) is 9.32. The van der Waals surface area contributed by atoms with Crippen molar-refractivity contribution in [1.29, 1.82) is 0 Å². The molecule has 2 fully saturated rings. The highest BCUT2D eigenvalue weighted by Crippen LogP contribution is 2.40. The third kappa shape index (κ3) is 4.04. The van der Waals surface area contributed by atoms with Crippen molar-refractivity contribution < 1.29 is 13.6 Å². The summed E-state index contributed by atoms with van der Waals surface area (Å²) in [6, 6.07) is 7.18. The predicted octanol–water partition coefficient (Wildman–Crippen LogP) is 4.71. The molecule has 158 valence electrons. The fourth-order valence-corrected chi connectivity index (χ4v) is 4.21. The zero-order valence-corrected chi connectivity index (χ0v) is 17.0. The number of benzene rings is 1. The van der Waals surface area contributed by atoms with Gasteiger partial charge in [0.25, 0.3) is 5.91 Å². The molecule has 1 atom stereocenters. The minimum Gasteiger partial charge on any atom is -0.338 e. The second-order valence-electron chi connectivity index (χ2n) is 8.26. The van der Waals surface area contributed by atoms with E-state index in [1.54, 1.807) is 17.3 Å². The van der Waals surface area contributed by atoms with E-state index >= 15 is 0 Å². The SMILES string of the molecule is O=C(c1ccc(F)c(F)c1)N1CCCC(c2nc(C3CC3)ncc2-c2ccncc2)C1. The quantitative estimate of drug-likeness (QED) is 0.613. The van der Waals surface area contributed by atoms with Crippen molar-refractivity contribution in [2.24, 2.45) is 0 Å². The van der Waals surface area contributed by atoms with E-state index < -0.39 is 11.6 Å². The van der Waals surface area contributed by atoms with Crippen molar-refractivity contribution in [3.63, 3.8) is 0 Å². The van der Waals surface area contributed by atoms with Crippen LogP contribution >= 0.6 is 0 Å². The summed E-state index contributed by atoms with van der Waals surface area (Å²) in [4.78, 5) is 28.3. The first-order chi connectivity index (χ1) is 15.1. The molecule has 0 bridgehead atoms. The van der Waals surface area contributed by atoms with Gasteiger partial charge >= 0.3 is 0 Å². The zero-order chi connectivity index (χ0) is 21.4. The van der Waals surface area contributed by atoms with E-state index in [0.29, 0.717) is 19.0 Å². The molecule has 5 rings (SSSR count). The Morgan fingerprint density at radius 3 is 2.55 bits per heavy atom. The van der Waals surface area contributed by atoms with Crippen LogP contribution in [0, 0.1) is 11.6 Å². The fraction of sp³-hybridized carbons (Fsp3) is 0.333. The lowest BCUT2D eigenvalue weighted by molar-refractivity contribution is 0.0705. The topological polar surface area (TPSA) is 59.0 Å². The number of rotatable bonds is 4. The highest BCUT2D eigenvalue weighted by molar-refractivity contribution is 5.94. The monoisotopic (exact) mass is 420 g/mol. The Kier molecular flexibility index (Phi) is 5.18. The van der Waals surface area contributed by atoms with Crippen molar-refractivity contribution in [2.45, 2.75) is 37.5 Å². The Morgan fingerprint density at radius 1 is 1.00 bits per heavy atom. The number of amides is 1. The number of likely N-dealkylation sites (tertiary alicyclic amines) is 1. The molecule has 1 saturated heterocycles. The first-order valence-corrected chi connectivity index (χ1v) is 10.6. The minimum atomic E-state index is -1.01. The van der Waals surface area contributed by atoms with Crippen LogP contribution in [0.4, 0.5) is 8.78 Å². The Bertz CT molecular complexity index is 1120. The summed E-state index contributed by atoms with van der Waals surface area (Å²) in [6.45, 7) is 1.07. The van der Waals surface area contributed by atoms with Crippen molar-refractivity contribution in [2.75, 3.05) is 13.1 Å². The summed E-state index contributed by atoms with van der Waals surface area (Å²) in [5, 5.41) is 0. The van der Waals surface area contributed by atoms with Gasteiger partial charge in [-0.15, -0.1) is 0 Å². The van der Waals surface area contributed by atoms with Crippen molar-refractivity contribution in [3.8, 4) is 11.1 Å². The number of nitrogens with zero attached hydrogens (tertiary/aromatic N) is 4. The van der Waals surface area contributed by atoms with Crippen molar-refractivity contribution >= 4 is 5.91 Å². The molecule has 0 spiro atoms. The summed E-state index contributed by atoms with van der Waals surface area (Å²) in [7, 11) is 0. The number of halogens is 2. The van der Waals surface area contributed by atoms with E-state index in [9.17, 15) is 13.6 Å². The maximum atomic E-state index is 13.6. The average molecular weight is 420 g/mol. The second-order valence-corrected chi connectivity index (χ2v) is 8.26. The second kappa shape index (κ2) is 8.13. The van der Waals surface area contributed by atoms with Crippen LogP contribution in [-0.4, -0.2) is 38.8 Å². The largest absolute Gasteiger partial charge is 0.338 e. The smallest absolute Gasteiger partial charge is 0.253 e. The van der Waals surface area contributed by atoms with Gasteiger partial charge in [-0.05, 0) is 61.6 Å². The molecule has 1 aliphatic carbocycles. The van der Waals surface area contributed by atoms with Gasteiger partial charge in [0.05, 0.1) is 5.69 Å². The number of carbonyl (C=O) groups excluding carboxylic acids is 1. The van der Waals surface area contributed by atoms with E-state index in [4.69, 9.17) is 4.98 Å². The molecule has 1 saturated carbocycles. The van der Waals surface area contributed by atoms with Gasteiger partial charge in [0.2, 0.25) is 0 Å². The van der Waals surface area contributed by atoms with E-state index in [1.807, 2.05) is 18.3 Å². The van der Waals surface area contributed by atoms with Gasteiger partial charge in [0, 0.05) is 54.6 Å². The Hall–Kier alpha value is -3.22. The highest BCUT2D eigenvalue weighted by atomic mass is 19.2. The number of piperidine rings is 1. The summed E-state index contributed by atoms with van der Waals surface area (Å²) < 4.78 is 26.9. The zero-order valence-electron chi connectivity index (χ0n) is 17.0. The molecule has 2 aromatic heterocycles. The lowest BCUT2D eigenvalue weighted by Crippen LogP contribution is -2.39. The Morgan fingerprint density at radius 2 is 1.81 bits per heavy atom. The molecular weight excluding hydrogens is 398 g/mol. The molecule has 31 heavy (non-hydrogen) atoms. The molecule has 3 aromatic rings. The van der Waals surface area contributed by atoms with Crippen molar-refractivity contribution in [1.82, 2.24) is 19.9 Å². The Labute approximate surface area is 179 Å². The van der Waals surface area contributed by atoms with E-state index in [2.05, 4.69) is 9.97 Å². The third-order valence-electron chi connectivity index (χ3n) is 6.03. The highest BCUT2D eigenvalue weighted by Gasteiger charge is 2.32. The molecule has 3 heterocycles. The molecule has 5 nitrogen and oxygen atoms in total. The number of hydrogen-bond donors (Lipinski definition) is 0. The van der Waals surface area contributed by atoms with Crippen LogP contribution in [0.2, 0.25) is 0 Å². The maximum Gasteiger partial charge on any atom is 0.253 e. The number of aromatic nitrogens is 3. The predicted molar refractivity (Wildman–Crippen MR) is 111 cm³/mol. The molecule has 1 unspecified atom stereocenters. The molecule has 1 amide bonds. The van der Waals surface area contributed by atoms with Gasteiger partial charge in [-0.1, -0.05) is 0 Å². The molecule has 0 radical (unpaired) electrons. The van der Waals surface area contributed by atoms with Gasteiger partial charge in [-0.3, -0.25) is 9.78 Å². The molecule has 7 heteroatoms. The number of carbonyl (C=O) groups is 1. The molecule has 2 aliphatic rings. The van der Waals surface area contributed by atoms with Gasteiger partial charge < -0.3 is 4.90 Å². The molecule has 1 aromatic carbocycles. The lowest BCUT2D eigenvalue weighted by Gasteiger charge is -2.33. The van der Waals surface area contributed by atoms with Gasteiger partial charge in [0.1, 0.15) is 5.82 Å². The first kappa shape index (κ1) is 19.7. The first-order valence-electron chi connectivity index (χ1n) is 10.6. The fourth-order valence-electron chi connectivity index (χ4n) is 4.21. The number of hydrogen-bond acceptors (Lipinski definition) is 4. The Balaban J connectivity index is 1.46. The van der Waals surface area contributed by atoms with Crippen LogP contribution in [-0.2, 0) is 0 Å². The summed E-state index contributed by atoms with van der Waals surface area (Å²) in [5.41, 5.74) is 3.07. The van der Waals surface area contributed by atoms with Gasteiger partial charge in [0.15, 0.2) is 11.6 Å². The standard InChI is InChI=1S/C24H22F2N4O/c25-20-6-5-17(12-21(20)26)24(31)30-11-1-2-18(14-30)22-19(15-7-9-27-10-8-15)13-28-23(29-22)16-3-4-16/h5-10,12-13,16,18H,1-4,11,14H2. The normalized spacial score (nSPS) is 18.8. The molecule has 1 aliphatic heterocycles. The van der Waals surface area contributed by atoms with Crippen LogP contribution in [0.5, 0.6) is 0 Å². The van der Waals surface area contributed by atoms with E-state index in [1.165, 1.54) is 6.07 Å². The van der Waals surface area contributed by atoms with Gasteiger partial charge in [-0.2, -0.15) is 0 Å². The molecule has 0 N–H and O–H groups in total. The maximum absolute atomic E-state index is 13.6. The molecular formula is C24H22F2N4O. The van der Waals surface area contributed by atoms with Crippen LogP contribution < -0.4 is 0 Å². The number of pyridine rings is 1. The summed E-state index contributed by atoms with van der Waals surface area (Å²) >= 11 is 0. The summed E-state index contributed by atoms with van der Waals surface area (Å²) in [5.74, 6) is -0.907. The average Bonchev–Trinajstić information content (AvgIpc) is 3.66. The van der Waals surface area contributed by atoms with E-state index in [0.717, 1.165) is 60.5 Å². The van der Waals surface area contributed by atoms with Crippen molar-refractivity contribution in [3.05, 3.63) is 77.6 Å². The lowest BCUT2D eigenvalue weighted by atomic mass is 9.89. The van der Waals surface area contributed by atoms with E-state index in [-0.39, 0.29) is 17.4 Å². The minimum absolute atomic E-state index is 0.0478. The van der Waals surface area contributed by atoms with Crippen LogP contribution in [0.1, 0.15) is 59.4 Å². The van der Waals surface area contributed by atoms with Crippen LogP contribution in [0.25, 0.3) is 11.1 Å². The third-order valence-corrected chi connectivity index (χ3v) is 6.03.